The van der Waals surface area contributed by atoms with E-state index in [-0.39, 0.29) is 11.9 Å². The van der Waals surface area contributed by atoms with E-state index in [1.807, 2.05) is 56.0 Å². The van der Waals surface area contributed by atoms with Gasteiger partial charge in [0, 0.05) is 37.2 Å². The molecule has 9 nitrogen and oxygen atoms in total. The van der Waals surface area contributed by atoms with E-state index in [4.69, 9.17) is 20.2 Å². The number of methoxy groups -OCH3 is 2. The molecule has 1 saturated heterocycles. The van der Waals surface area contributed by atoms with Gasteiger partial charge in [0.25, 0.3) is 0 Å². The van der Waals surface area contributed by atoms with Gasteiger partial charge >= 0.3 is 0 Å². The Morgan fingerprint density at radius 3 is 2.27 bits per heavy atom. The van der Waals surface area contributed by atoms with Crippen LogP contribution in [0.4, 0.5) is 11.8 Å². The number of nitrogens with two attached hydrogens (primary N) is 1. The molecule has 1 aromatic carbocycles. The molecule has 0 atom stereocenters. The average Bonchev–Trinajstić information content (AvgIpc) is 2.81. The van der Waals surface area contributed by atoms with E-state index in [1.54, 1.807) is 14.2 Å². The van der Waals surface area contributed by atoms with Gasteiger partial charge in [0.2, 0.25) is 11.9 Å². The number of carbonyl (C=O) groups excluding carboxylic acids is 1. The molecule has 0 spiro atoms. The summed E-state index contributed by atoms with van der Waals surface area (Å²) in [6.45, 7) is 8.37. The topological polar surface area (TPSA) is 107 Å². The molecule has 0 saturated carbocycles. The zero-order valence-corrected chi connectivity index (χ0v) is 19.8. The van der Waals surface area contributed by atoms with Gasteiger partial charge in [0.15, 0.2) is 17.3 Å². The predicted octanol–water partition coefficient (Wildman–Crippen LogP) is 2.99. The summed E-state index contributed by atoms with van der Waals surface area (Å²) in [4.78, 5) is 30.5. The van der Waals surface area contributed by atoms with Gasteiger partial charge < -0.3 is 25.0 Å². The molecule has 1 amide bonds. The van der Waals surface area contributed by atoms with Crippen LogP contribution in [0.5, 0.6) is 11.5 Å². The van der Waals surface area contributed by atoms with Crippen LogP contribution in [0.3, 0.4) is 0 Å². The minimum Gasteiger partial charge on any atom is -0.493 e. The number of benzene rings is 1. The van der Waals surface area contributed by atoms with Crippen molar-refractivity contribution in [1.29, 1.82) is 0 Å². The third-order valence-corrected chi connectivity index (χ3v) is 5.73. The largest absolute Gasteiger partial charge is 0.493 e. The minimum atomic E-state index is -0.399. The van der Waals surface area contributed by atoms with Gasteiger partial charge in [-0.3, -0.25) is 4.79 Å². The predicted molar refractivity (Wildman–Crippen MR) is 129 cm³/mol. The first-order valence-corrected chi connectivity index (χ1v) is 10.9. The van der Waals surface area contributed by atoms with Gasteiger partial charge in [-0.1, -0.05) is 20.8 Å². The summed E-state index contributed by atoms with van der Waals surface area (Å²) in [5, 5.41) is 0. The van der Waals surface area contributed by atoms with E-state index in [1.165, 1.54) is 0 Å². The fourth-order valence-electron chi connectivity index (χ4n) is 3.99. The Kier molecular flexibility index (Phi) is 5.97. The van der Waals surface area contributed by atoms with Crippen LogP contribution in [0.2, 0.25) is 0 Å². The van der Waals surface area contributed by atoms with E-state index in [0.29, 0.717) is 54.5 Å². The number of nitrogen functional groups attached to an aromatic ring is 1. The third kappa shape index (κ3) is 4.48. The highest BCUT2D eigenvalue weighted by Gasteiger charge is 2.30. The maximum absolute atomic E-state index is 12.7. The molecule has 1 fully saturated rings. The van der Waals surface area contributed by atoms with Crippen molar-refractivity contribution in [2.45, 2.75) is 20.8 Å². The number of fused-ring (bicyclic) bond motifs is 1. The Hall–Kier alpha value is -3.62. The second kappa shape index (κ2) is 8.73. The smallest absolute Gasteiger partial charge is 0.228 e. The van der Waals surface area contributed by atoms with Crippen LogP contribution in [-0.2, 0) is 4.79 Å². The Morgan fingerprint density at radius 2 is 1.64 bits per heavy atom. The number of aromatic nitrogens is 3. The lowest BCUT2D eigenvalue weighted by atomic mass is 9.94. The highest BCUT2D eigenvalue weighted by molar-refractivity contribution is 5.89. The van der Waals surface area contributed by atoms with Gasteiger partial charge in [-0.05, 0) is 30.3 Å². The molecular weight excluding hydrogens is 420 g/mol. The molecule has 33 heavy (non-hydrogen) atoms. The minimum absolute atomic E-state index is 0.156. The van der Waals surface area contributed by atoms with Crippen LogP contribution in [0, 0.1) is 5.41 Å². The molecule has 2 N–H and O–H groups in total. The van der Waals surface area contributed by atoms with Gasteiger partial charge in [-0.2, -0.15) is 4.98 Å². The number of amides is 1. The summed E-state index contributed by atoms with van der Waals surface area (Å²) in [6, 6.07) is 9.48. The first-order valence-electron chi connectivity index (χ1n) is 10.9. The molecule has 1 aliphatic heterocycles. The summed E-state index contributed by atoms with van der Waals surface area (Å²) >= 11 is 0. The number of carbonyl (C=O) groups is 1. The van der Waals surface area contributed by atoms with E-state index >= 15 is 0 Å². The monoisotopic (exact) mass is 450 g/mol. The van der Waals surface area contributed by atoms with Crippen LogP contribution in [0.1, 0.15) is 20.8 Å². The molecule has 0 aliphatic carbocycles. The van der Waals surface area contributed by atoms with Gasteiger partial charge in [-0.25, -0.2) is 9.97 Å². The molecule has 3 aromatic rings. The normalized spacial score (nSPS) is 14.5. The lowest BCUT2D eigenvalue weighted by molar-refractivity contribution is -0.139. The van der Waals surface area contributed by atoms with Gasteiger partial charge in [-0.15, -0.1) is 0 Å². The molecule has 174 valence electrons. The maximum atomic E-state index is 12.7. The molecule has 0 radical (unpaired) electrons. The molecule has 0 bridgehead atoms. The second-order valence-corrected chi connectivity index (χ2v) is 9.07. The van der Waals surface area contributed by atoms with Crippen LogP contribution >= 0.6 is 0 Å². The zero-order chi connectivity index (χ0) is 23.8. The fraction of sp³-hybridized carbons (Fsp3) is 0.417. The van der Waals surface area contributed by atoms with Crippen molar-refractivity contribution < 1.29 is 14.3 Å². The molecule has 3 heterocycles. The first-order chi connectivity index (χ1) is 15.7. The van der Waals surface area contributed by atoms with Crippen LogP contribution in [0.25, 0.3) is 22.3 Å². The summed E-state index contributed by atoms with van der Waals surface area (Å²) in [5.74, 6) is 2.32. The average molecular weight is 451 g/mol. The molecular formula is C24H30N6O3. The van der Waals surface area contributed by atoms with Crippen LogP contribution in [0.15, 0.2) is 30.3 Å². The summed E-state index contributed by atoms with van der Waals surface area (Å²) in [5.41, 5.74) is 8.61. The number of anilines is 2. The SMILES string of the molecule is COc1ccc(-c2ccc3nc(N)nc(N4CCN(C(=O)C(C)(C)C)CC4)c3n2)cc1OC. The standard InChI is InChI=1S/C24H30N6O3/c1-24(2,3)22(31)30-12-10-29(11-13-30)21-20-17(27-23(25)28-21)8-7-16(26-20)15-6-9-18(32-4)19(14-15)33-5/h6-9,14H,10-13H2,1-5H3,(H2,25,27,28). The van der Waals surface area contributed by atoms with Crippen LogP contribution < -0.4 is 20.1 Å². The lowest BCUT2D eigenvalue weighted by Crippen LogP contribution is -2.52. The fourth-order valence-corrected chi connectivity index (χ4v) is 3.99. The van der Waals surface area contributed by atoms with Crippen molar-refractivity contribution in [3.05, 3.63) is 30.3 Å². The number of nitrogens with zero attached hydrogens (tertiary/aromatic N) is 5. The quantitative estimate of drug-likeness (QED) is 0.647. The molecule has 1 aliphatic rings. The lowest BCUT2D eigenvalue weighted by Gasteiger charge is -2.38. The number of hydrogen-bond acceptors (Lipinski definition) is 8. The molecule has 4 rings (SSSR count). The van der Waals surface area contributed by atoms with Crippen molar-refractivity contribution in [3.8, 4) is 22.8 Å². The van der Waals surface area contributed by atoms with Gasteiger partial charge in [0.05, 0.1) is 25.4 Å². The Bertz CT molecular complexity index is 1180. The first kappa shape index (κ1) is 22.6. The van der Waals surface area contributed by atoms with Gasteiger partial charge in [0.1, 0.15) is 5.52 Å². The highest BCUT2D eigenvalue weighted by atomic mass is 16.5. The highest BCUT2D eigenvalue weighted by Crippen LogP contribution is 2.33. The molecule has 0 unspecified atom stereocenters. The molecule has 9 heteroatoms. The summed E-state index contributed by atoms with van der Waals surface area (Å²) in [6.07, 6.45) is 0. The zero-order valence-electron chi connectivity index (χ0n) is 19.8. The number of rotatable bonds is 4. The Labute approximate surface area is 193 Å². The van der Waals surface area contributed by atoms with Crippen molar-refractivity contribution in [3.63, 3.8) is 0 Å². The Morgan fingerprint density at radius 1 is 0.939 bits per heavy atom. The molecule has 2 aromatic heterocycles. The van der Waals surface area contributed by atoms with E-state index in [2.05, 4.69) is 14.9 Å². The van der Waals surface area contributed by atoms with Crippen molar-refractivity contribution in [2.75, 3.05) is 51.0 Å². The Balaban J connectivity index is 1.68. The van der Waals surface area contributed by atoms with E-state index in [9.17, 15) is 4.79 Å². The van der Waals surface area contributed by atoms with Crippen molar-refractivity contribution in [1.82, 2.24) is 19.9 Å². The van der Waals surface area contributed by atoms with Crippen molar-refractivity contribution >= 4 is 28.7 Å². The number of hydrogen-bond donors (Lipinski definition) is 1. The van der Waals surface area contributed by atoms with E-state index in [0.717, 1.165) is 11.3 Å². The van der Waals surface area contributed by atoms with Crippen molar-refractivity contribution in [2.24, 2.45) is 5.41 Å². The third-order valence-electron chi connectivity index (χ3n) is 5.73. The number of pyridine rings is 1. The summed E-state index contributed by atoms with van der Waals surface area (Å²) in [7, 11) is 3.21. The number of ether oxygens (including phenoxy) is 2. The number of piperazine rings is 1. The van der Waals surface area contributed by atoms with Crippen LogP contribution in [-0.4, -0.2) is 66.2 Å². The second-order valence-electron chi connectivity index (χ2n) is 9.07. The summed E-state index contributed by atoms with van der Waals surface area (Å²) < 4.78 is 10.8. The van der Waals surface area contributed by atoms with E-state index < -0.39 is 5.41 Å². The maximum Gasteiger partial charge on any atom is 0.228 e.